The van der Waals surface area contributed by atoms with Crippen molar-refractivity contribution in [2.75, 3.05) is 19.8 Å². The van der Waals surface area contributed by atoms with Crippen LogP contribution in [0.3, 0.4) is 0 Å². The van der Waals surface area contributed by atoms with Gasteiger partial charge in [0.2, 0.25) is 0 Å². The van der Waals surface area contributed by atoms with E-state index in [2.05, 4.69) is 5.32 Å². The fraction of sp³-hybridized carbons (Fsp3) is 0.455. The van der Waals surface area contributed by atoms with Crippen LogP contribution in [0.25, 0.3) is 0 Å². The van der Waals surface area contributed by atoms with Crippen molar-refractivity contribution in [1.29, 1.82) is 0 Å². The predicted molar refractivity (Wildman–Crippen MR) is 54.1 cm³/mol. The molecule has 2 aliphatic heterocycles. The van der Waals surface area contributed by atoms with Gasteiger partial charge in [-0.2, -0.15) is 0 Å². The highest BCUT2D eigenvalue weighted by atomic mass is 16.6. The Morgan fingerprint density at radius 3 is 2.73 bits per heavy atom. The van der Waals surface area contributed by atoms with Gasteiger partial charge in [0.05, 0.1) is 6.10 Å². The molecule has 0 saturated carbocycles. The van der Waals surface area contributed by atoms with Crippen LogP contribution in [0.2, 0.25) is 0 Å². The summed E-state index contributed by atoms with van der Waals surface area (Å²) in [5.41, 5.74) is 2.05. The van der Waals surface area contributed by atoms with Crippen molar-refractivity contribution in [2.45, 2.75) is 12.6 Å². The molecule has 0 aromatic heterocycles. The molecule has 0 amide bonds. The fourth-order valence-corrected chi connectivity index (χ4v) is 2.06. The molecule has 15 heavy (non-hydrogen) atoms. The Bertz CT molecular complexity index is 392. The Kier molecular flexibility index (Phi) is 2.04. The molecule has 0 fully saturated rings. The molecular weight excluding hydrogens is 194 g/mol. The van der Waals surface area contributed by atoms with Crippen molar-refractivity contribution >= 4 is 0 Å². The first-order valence-electron chi connectivity index (χ1n) is 5.16. The highest BCUT2D eigenvalue weighted by Crippen LogP contribution is 2.36. The van der Waals surface area contributed by atoms with Crippen LogP contribution in [0.4, 0.5) is 0 Å². The van der Waals surface area contributed by atoms with Crippen LogP contribution in [0, 0.1) is 0 Å². The van der Waals surface area contributed by atoms with Gasteiger partial charge in [-0.15, -0.1) is 0 Å². The van der Waals surface area contributed by atoms with E-state index < -0.39 is 6.10 Å². The first kappa shape index (κ1) is 9.00. The minimum atomic E-state index is -0.440. The summed E-state index contributed by atoms with van der Waals surface area (Å²) in [7, 11) is 0. The maximum atomic E-state index is 9.80. The summed E-state index contributed by atoms with van der Waals surface area (Å²) < 4.78 is 11.0. The van der Waals surface area contributed by atoms with Crippen LogP contribution < -0.4 is 14.8 Å². The van der Waals surface area contributed by atoms with E-state index in [4.69, 9.17) is 9.47 Å². The van der Waals surface area contributed by atoms with E-state index in [9.17, 15) is 5.11 Å². The number of aliphatic hydroxyl groups is 1. The average Bonchev–Trinajstić information content (AvgIpc) is 2.27. The van der Waals surface area contributed by atoms with Crippen LogP contribution in [0.1, 0.15) is 17.2 Å². The quantitative estimate of drug-likeness (QED) is 0.654. The van der Waals surface area contributed by atoms with E-state index >= 15 is 0 Å². The van der Waals surface area contributed by atoms with Gasteiger partial charge in [0.1, 0.15) is 13.2 Å². The first-order chi connectivity index (χ1) is 7.34. The standard InChI is InChI=1S/C11H13NO3/c13-9-6-12-5-7-3-10-11(4-8(7)9)15-2-1-14-10/h3-4,9,12-13H,1-2,5-6H2/t9-/m0/s1. The molecule has 3 rings (SSSR count). The topological polar surface area (TPSA) is 50.7 Å². The minimum absolute atomic E-state index is 0.440. The fourth-order valence-electron chi connectivity index (χ4n) is 2.06. The molecule has 4 heteroatoms. The number of hydrogen-bond acceptors (Lipinski definition) is 4. The molecule has 0 bridgehead atoms. The second-order valence-corrected chi connectivity index (χ2v) is 3.84. The van der Waals surface area contributed by atoms with E-state index in [0.717, 1.165) is 29.2 Å². The Balaban J connectivity index is 2.08. The lowest BCUT2D eigenvalue weighted by molar-refractivity contribution is 0.156. The van der Waals surface area contributed by atoms with Crippen LogP contribution in [-0.2, 0) is 6.54 Å². The summed E-state index contributed by atoms with van der Waals surface area (Å²) in [5.74, 6) is 1.54. The number of aliphatic hydroxyl groups excluding tert-OH is 1. The first-order valence-corrected chi connectivity index (χ1v) is 5.16. The third-order valence-corrected chi connectivity index (χ3v) is 2.82. The van der Waals surface area contributed by atoms with Crippen molar-refractivity contribution in [1.82, 2.24) is 5.32 Å². The monoisotopic (exact) mass is 207 g/mol. The predicted octanol–water partition coefficient (Wildman–Crippen LogP) is 0.594. The summed E-state index contributed by atoms with van der Waals surface area (Å²) in [6.07, 6.45) is -0.440. The molecule has 80 valence electrons. The molecule has 0 aliphatic carbocycles. The Hall–Kier alpha value is -1.26. The smallest absolute Gasteiger partial charge is 0.161 e. The van der Waals surface area contributed by atoms with Gasteiger partial charge < -0.3 is 19.9 Å². The molecule has 4 nitrogen and oxygen atoms in total. The zero-order chi connectivity index (χ0) is 10.3. The number of ether oxygens (including phenoxy) is 2. The molecule has 0 radical (unpaired) electrons. The number of fused-ring (bicyclic) bond motifs is 2. The lowest BCUT2D eigenvalue weighted by Gasteiger charge is -2.26. The zero-order valence-electron chi connectivity index (χ0n) is 8.32. The summed E-state index contributed by atoms with van der Waals surface area (Å²) in [6, 6.07) is 3.86. The van der Waals surface area contributed by atoms with Crippen LogP contribution in [0.5, 0.6) is 11.5 Å². The van der Waals surface area contributed by atoms with Gasteiger partial charge in [-0.05, 0) is 23.3 Å². The molecule has 2 N–H and O–H groups in total. The van der Waals surface area contributed by atoms with Crippen molar-refractivity contribution in [2.24, 2.45) is 0 Å². The van der Waals surface area contributed by atoms with Gasteiger partial charge in [-0.3, -0.25) is 0 Å². The third-order valence-electron chi connectivity index (χ3n) is 2.82. The second-order valence-electron chi connectivity index (χ2n) is 3.84. The number of nitrogens with one attached hydrogen (secondary N) is 1. The van der Waals surface area contributed by atoms with Crippen molar-refractivity contribution in [3.05, 3.63) is 23.3 Å². The van der Waals surface area contributed by atoms with Crippen LogP contribution in [0.15, 0.2) is 12.1 Å². The minimum Gasteiger partial charge on any atom is -0.486 e. The number of hydrogen-bond donors (Lipinski definition) is 2. The van der Waals surface area contributed by atoms with Gasteiger partial charge in [0.15, 0.2) is 11.5 Å². The normalized spacial score (nSPS) is 23.4. The third kappa shape index (κ3) is 1.46. The van der Waals surface area contributed by atoms with Gasteiger partial charge in [0.25, 0.3) is 0 Å². The van der Waals surface area contributed by atoms with Crippen LogP contribution >= 0.6 is 0 Å². The summed E-state index contributed by atoms with van der Waals surface area (Å²) >= 11 is 0. The molecule has 1 aromatic carbocycles. The molecule has 2 aliphatic rings. The Labute approximate surface area is 87.8 Å². The van der Waals surface area contributed by atoms with Crippen molar-refractivity contribution < 1.29 is 14.6 Å². The summed E-state index contributed by atoms with van der Waals surface area (Å²) in [4.78, 5) is 0. The van der Waals surface area contributed by atoms with Crippen molar-refractivity contribution in [3.8, 4) is 11.5 Å². The highest BCUT2D eigenvalue weighted by Gasteiger charge is 2.22. The zero-order valence-corrected chi connectivity index (χ0v) is 8.32. The highest BCUT2D eigenvalue weighted by molar-refractivity contribution is 5.49. The van der Waals surface area contributed by atoms with E-state index in [1.165, 1.54) is 0 Å². The molecule has 0 saturated heterocycles. The maximum absolute atomic E-state index is 9.80. The maximum Gasteiger partial charge on any atom is 0.161 e. The van der Waals surface area contributed by atoms with Crippen LogP contribution in [-0.4, -0.2) is 24.9 Å². The summed E-state index contributed by atoms with van der Waals surface area (Å²) in [5, 5.41) is 13.0. The van der Waals surface area contributed by atoms with Gasteiger partial charge >= 0.3 is 0 Å². The van der Waals surface area contributed by atoms with Gasteiger partial charge in [-0.1, -0.05) is 0 Å². The molecule has 1 atom stereocenters. The molecule has 0 spiro atoms. The molecule has 0 unspecified atom stereocenters. The largest absolute Gasteiger partial charge is 0.486 e. The lowest BCUT2D eigenvalue weighted by Crippen LogP contribution is -2.28. The van der Waals surface area contributed by atoms with E-state index in [1.54, 1.807) is 0 Å². The number of rotatable bonds is 0. The van der Waals surface area contributed by atoms with E-state index in [0.29, 0.717) is 19.8 Å². The van der Waals surface area contributed by atoms with E-state index in [1.807, 2.05) is 12.1 Å². The molecule has 2 heterocycles. The second kappa shape index (κ2) is 3.40. The van der Waals surface area contributed by atoms with Gasteiger partial charge in [-0.25, -0.2) is 0 Å². The average molecular weight is 207 g/mol. The number of benzene rings is 1. The molecule has 1 aromatic rings. The lowest BCUT2D eigenvalue weighted by atomic mass is 9.98. The number of β-amino-alcohol motifs (C(OH)–C–C–N with tert-alkyl or cyclic N) is 1. The molecular formula is C11H13NO3. The Morgan fingerprint density at radius 1 is 1.20 bits per heavy atom. The SMILES string of the molecule is O[C@H]1CNCc2cc3c(cc21)OCCO3. The van der Waals surface area contributed by atoms with Crippen molar-refractivity contribution in [3.63, 3.8) is 0 Å². The van der Waals surface area contributed by atoms with E-state index in [-0.39, 0.29) is 0 Å². The summed E-state index contributed by atoms with van der Waals surface area (Å²) in [6.45, 7) is 2.57. The van der Waals surface area contributed by atoms with Gasteiger partial charge in [0, 0.05) is 13.1 Å². The Morgan fingerprint density at radius 2 is 1.93 bits per heavy atom.